The third-order valence-corrected chi connectivity index (χ3v) is 12.2. The number of carbonyl (C=O) groups excluding carboxylic acids is 3. The first-order valence-electron chi connectivity index (χ1n) is 16.9. The van der Waals surface area contributed by atoms with Crippen LogP contribution < -0.4 is 0 Å². The van der Waals surface area contributed by atoms with Gasteiger partial charge >= 0.3 is 0 Å². The number of rotatable bonds is 9. The van der Waals surface area contributed by atoms with Gasteiger partial charge in [0.05, 0.1) is 35.8 Å². The number of Topliss-reactive ketones (excluding diaryl/α,β-unsaturated/α-hetero) is 2. The van der Waals surface area contributed by atoms with Crippen molar-refractivity contribution in [2.75, 3.05) is 65.4 Å². The van der Waals surface area contributed by atoms with E-state index in [1.54, 1.807) is 11.3 Å². The second kappa shape index (κ2) is 12.1. The first kappa shape index (κ1) is 30.8. The number of H-pyrrole nitrogens is 1. The molecule has 1 N–H and O–H groups in total. The Morgan fingerprint density at radius 1 is 0.844 bits per heavy atom. The normalized spacial score (nSPS) is 24.3. The van der Waals surface area contributed by atoms with E-state index in [1.165, 1.54) is 0 Å². The van der Waals surface area contributed by atoms with Gasteiger partial charge in [0.15, 0.2) is 11.6 Å². The second-order valence-corrected chi connectivity index (χ2v) is 15.5. The van der Waals surface area contributed by atoms with Gasteiger partial charge in [0.2, 0.25) is 5.91 Å². The number of hydrogen-bond donors (Lipinski definition) is 1. The highest BCUT2D eigenvalue weighted by Gasteiger charge is 2.49. The summed E-state index contributed by atoms with van der Waals surface area (Å²) in [5.74, 6) is 1.13. The number of hydrogen-bond acceptors (Lipinski definition) is 7. The maximum atomic E-state index is 14.3. The van der Waals surface area contributed by atoms with E-state index in [2.05, 4.69) is 71.6 Å². The minimum Gasteiger partial charge on any atom is -0.346 e. The van der Waals surface area contributed by atoms with Gasteiger partial charge in [-0.2, -0.15) is 0 Å². The van der Waals surface area contributed by atoms with Crippen LogP contribution in [-0.2, 0) is 15.0 Å². The highest BCUT2D eigenvalue weighted by Crippen LogP contribution is 2.44. The molecule has 2 bridgehead atoms. The molecule has 1 amide bonds. The highest BCUT2D eigenvalue weighted by molar-refractivity contribution is 7.19. The lowest BCUT2D eigenvalue weighted by atomic mass is 9.79. The van der Waals surface area contributed by atoms with E-state index in [0.29, 0.717) is 24.8 Å². The zero-order valence-electron chi connectivity index (χ0n) is 27.3. The van der Waals surface area contributed by atoms with Gasteiger partial charge in [-0.25, -0.2) is 0 Å². The van der Waals surface area contributed by atoms with Crippen molar-refractivity contribution < 1.29 is 14.4 Å². The third kappa shape index (κ3) is 5.81. The Morgan fingerprint density at radius 3 is 2.07 bits per heavy atom. The SMILES string of the molecule is Cc1cc(C)cc(-c2[nH]c3sc(C(C)(C)C(=O)C4C5CCN4CC5)cc3c2C(=O)CN2CCN(CC(=O)N3CCCC3)CC2)c1. The van der Waals surface area contributed by atoms with Crippen LogP contribution in [0.5, 0.6) is 0 Å². The lowest BCUT2D eigenvalue weighted by molar-refractivity contribution is -0.131. The Balaban J connectivity index is 1.14. The summed E-state index contributed by atoms with van der Waals surface area (Å²) < 4.78 is 0. The van der Waals surface area contributed by atoms with Gasteiger partial charge in [0.25, 0.3) is 0 Å². The lowest BCUT2D eigenvalue weighted by Gasteiger charge is -2.34. The predicted molar refractivity (Wildman–Crippen MR) is 180 cm³/mol. The molecule has 3 aromatic rings. The molecule has 4 fully saturated rings. The van der Waals surface area contributed by atoms with Crippen LogP contribution in [0.4, 0.5) is 0 Å². The van der Waals surface area contributed by atoms with Crippen LogP contribution in [0.25, 0.3) is 21.5 Å². The monoisotopic (exact) mass is 629 g/mol. The maximum absolute atomic E-state index is 14.3. The average Bonchev–Trinajstić information content (AvgIpc) is 3.83. The Hall–Kier alpha value is -2.85. The van der Waals surface area contributed by atoms with Gasteiger partial charge in [0.1, 0.15) is 4.83 Å². The number of piperidine rings is 1. The Morgan fingerprint density at radius 2 is 1.47 bits per heavy atom. The molecule has 45 heavy (non-hydrogen) atoms. The maximum Gasteiger partial charge on any atom is 0.236 e. The number of amides is 1. The van der Waals surface area contributed by atoms with Crippen molar-refractivity contribution in [3.63, 3.8) is 0 Å². The number of aromatic amines is 1. The Kier molecular flexibility index (Phi) is 8.25. The Bertz CT molecular complexity index is 1580. The molecule has 0 saturated carbocycles. The molecule has 1 atom stereocenters. The summed E-state index contributed by atoms with van der Waals surface area (Å²) >= 11 is 1.63. The largest absolute Gasteiger partial charge is 0.346 e. The van der Waals surface area contributed by atoms with Crippen molar-refractivity contribution in [2.45, 2.75) is 64.8 Å². The minimum absolute atomic E-state index is 0.0247. The molecule has 0 spiro atoms. The molecule has 2 aromatic heterocycles. The second-order valence-electron chi connectivity index (χ2n) is 14.5. The summed E-state index contributed by atoms with van der Waals surface area (Å²) in [5.41, 5.74) is 4.33. The van der Waals surface area contributed by atoms with E-state index in [4.69, 9.17) is 0 Å². The van der Waals surface area contributed by atoms with E-state index in [0.717, 1.165) is 121 Å². The highest BCUT2D eigenvalue weighted by atomic mass is 32.1. The zero-order chi connectivity index (χ0) is 31.5. The van der Waals surface area contributed by atoms with Gasteiger partial charge in [-0.15, -0.1) is 11.3 Å². The first-order valence-corrected chi connectivity index (χ1v) is 17.7. The number of aromatic nitrogens is 1. The summed E-state index contributed by atoms with van der Waals surface area (Å²) in [6, 6.07) is 8.60. The van der Waals surface area contributed by atoms with Gasteiger partial charge in [-0.05, 0) is 96.1 Å². The molecule has 6 heterocycles. The number of nitrogens with one attached hydrogen (secondary N) is 1. The molecule has 4 aliphatic heterocycles. The number of likely N-dealkylation sites (tertiary alicyclic amines) is 1. The van der Waals surface area contributed by atoms with E-state index < -0.39 is 5.41 Å². The topological polar surface area (TPSA) is 80.0 Å². The molecule has 240 valence electrons. The number of carbonyl (C=O) groups is 3. The minimum atomic E-state index is -0.621. The number of ketones is 2. The fourth-order valence-electron chi connectivity index (χ4n) is 8.24. The van der Waals surface area contributed by atoms with Crippen LogP contribution in [0.2, 0.25) is 0 Å². The fourth-order valence-corrected chi connectivity index (χ4v) is 9.42. The van der Waals surface area contributed by atoms with Crippen molar-refractivity contribution in [3.05, 3.63) is 45.8 Å². The number of thiophene rings is 1. The molecule has 4 saturated heterocycles. The van der Waals surface area contributed by atoms with Crippen molar-refractivity contribution >= 4 is 39.0 Å². The average molecular weight is 630 g/mol. The molecule has 1 unspecified atom stereocenters. The van der Waals surface area contributed by atoms with Crippen LogP contribution in [-0.4, -0.2) is 114 Å². The van der Waals surface area contributed by atoms with Gasteiger partial charge in [-0.1, -0.05) is 17.2 Å². The van der Waals surface area contributed by atoms with Crippen molar-refractivity contribution in [1.82, 2.24) is 24.6 Å². The number of fused-ring (bicyclic) bond motifs is 3. The standard InChI is InChI=1S/C36H47N5O3S/c1-23-17-24(2)19-26(18-23)32-31(28(42)21-38-13-15-39(16-14-38)22-30(43)40-9-5-6-10-40)27-20-29(45-35(27)37-32)36(3,4)34(44)33-25-7-11-41(33)12-8-25/h17-20,25,33,37H,5-16,21-22H2,1-4H3. The van der Waals surface area contributed by atoms with Crippen molar-refractivity contribution in [3.8, 4) is 11.3 Å². The third-order valence-electron chi connectivity index (χ3n) is 10.8. The summed E-state index contributed by atoms with van der Waals surface area (Å²) in [4.78, 5) is 55.4. The zero-order valence-corrected chi connectivity index (χ0v) is 28.1. The number of nitrogens with zero attached hydrogens (tertiary/aromatic N) is 4. The number of piperazine rings is 1. The van der Waals surface area contributed by atoms with Crippen molar-refractivity contribution in [2.24, 2.45) is 5.92 Å². The van der Waals surface area contributed by atoms with Crippen LogP contribution in [0, 0.1) is 19.8 Å². The molecule has 4 aliphatic rings. The van der Waals surface area contributed by atoms with Gasteiger partial charge in [-0.3, -0.25) is 29.1 Å². The molecule has 0 aliphatic carbocycles. The van der Waals surface area contributed by atoms with E-state index in [9.17, 15) is 14.4 Å². The molecule has 1 aromatic carbocycles. The van der Waals surface area contributed by atoms with E-state index >= 15 is 0 Å². The van der Waals surface area contributed by atoms with Crippen LogP contribution >= 0.6 is 11.3 Å². The number of benzene rings is 1. The fraction of sp³-hybridized carbons (Fsp3) is 0.583. The van der Waals surface area contributed by atoms with Crippen LogP contribution in [0.3, 0.4) is 0 Å². The summed E-state index contributed by atoms with van der Waals surface area (Å²) in [6.07, 6.45) is 4.46. The van der Waals surface area contributed by atoms with Gasteiger partial charge < -0.3 is 9.88 Å². The molecular weight excluding hydrogens is 582 g/mol. The molecule has 9 heteroatoms. The van der Waals surface area contributed by atoms with Gasteiger partial charge in [0, 0.05) is 49.5 Å². The van der Waals surface area contributed by atoms with E-state index in [1.807, 2.05) is 4.90 Å². The van der Waals surface area contributed by atoms with Crippen molar-refractivity contribution in [1.29, 1.82) is 0 Å². The molecule has 8 nitrogen and oxygen atoms in total. The summed E-state index contributed by atoms with van der Waals surface area (Å²) in [5, 5.41) is 0.930. The molecular formula is C36H47N5O3S. The molecule has 0 radical (unpaired) electrons. The van der Waals surface area contributed by atoms with Crippen LogP contribution in [0.15, 0.2) is 24.3 Å². The Labute approximate surface area is 270 Å². The quantitative estimate of drug-likeness (QED) is 0.340. The predicted octanol–water partition coefficient (Wildman–Crippen LogP) is 4.88. The van der Waals surface area contributed by atoms with E-state index in [-0.39, 0.29) is 17.7 Å². The smallest absolute Gasteiger partial charge is 0.236 e. The summed E-state index contributed by atoms with van der Waals surface area (Å²) in [6.45, 7) is 16.1. The van der Waals surface area contributed by atoms with Crippen LogP contribution in [0.1, 0.15) is 65.9 Å². The lowest BCUT2D eigenvalue weighted by Crippen LogP contribution is -2.50. The number of aryl methyl sites for hydroxylation is 2. The molecule has 7 rings (SSSR count). The first-order chi connectivity index (χ1) is 21.6. The summed E-state index contributed by atoms with van der Waals surface area (Å²) in [7, 11) is 0.